The molecular formula is C18H27NO2. The van der Waals surface area contributed by atoms with Crippen molar-refractivity contribution in [3.8, 4) is 11.5 Å². The molecule has 1 saturated heterocycles. The third-order valence-corrected chi connectivity index (χ3v) is 4.81. The van der Waals surface area contributed by atoms with E-state index in [1.807, 2.05) is 0 Å². The summed E-state index contributed by atoms with van der Waals surface area (Å²) in [5, 5.41) is 3.43. The Balaban J connectivity index is 1.65. The highest BCUT2D eigenvalue weighted by Gasteiger charge is 2.19. The molecular weight excluding hydrogens is 262 g/mol. The number of benzene rings is 1. The Morgan fingerprint density at radius 3 is 2.52 bits per heavy atom. The third kappa shape index (κ3) is 3.91. The first-order chi connectivity index (χ1) is 10.3. The fraction of sp³-hybridized carbons (Fsp3) is 0.667. The van der Waals surface area contributed by atoms with Gasteiger partial charge in [-0.25, -0.2) is 0 Å². The highest BCUT2D eigenvalue weighted by atomic mass is 16.5. The summed E-state index contributed by atoms with van der Waals surface area (Å²) in [4.78, 5) is 0. The summed E-state index contributed by atoms with van der Waals surface area (Å²) in [6.45, 7) is 2.31. The smallest absolute Gasteiger partial charge is 0.161 e. The second-order valence-electron chi connectivity index (χ2n) is 6.41. The van der Waals surface area contributed by atoms with Crippen molar-refractivity contribution in [3.05, 3.63) is 23.8 Å². The fourth-order valence-corrected chi connectivity index (χ4v) is 3.54. The number of hydrogen-bond donors (Lipinski definition) is 1. The average molecular weight is 289 g/mol. The maximum absolute atomic E-state index is 6.11. The molecule has 0 amide bonds. The standard InChI is InChI=1S/C18H27NO2/c1-20-18-13-15(12-14-8-10-19-11-9-14)6-7-17(18)21-16-4-2-3-5-16/h6-7,13-14,16,19H,2-5,8-12H2,1H3. The molecule has 1 N–H and O–H groups in total. The van der Waals surface area contributed by atoms with Crippen LogP contribution in [0.4, 0.5) is 0 Å². The molecule has 0 aromatic heterocycles. The van der Waals surface area contributed by atoms with Gasteiger partial charge in [0.2, 0.25) is 0 Å². The van der Waals surface area contributed by atoms with E-state index in [0.717, 1.165) is 36.9 Å². The summed E-state index contributed by atoms with van der Waals surface area (Å²) in [5.74, 6) is 2.62. The average Bonchev–Trinajstić information content (AvgIpc) is 3.03. The highest BCUT2D eigenvalue weighted by molar-refractivity contribution is 5.43. The summed E-state index contributed by atoms with van der Waals surface area (Å²) < 4.78 is 11.7. The molecule has 1 aromatic carbocycles. The highest BCUT2D eigenvalue weighted by Crippen LogP contribution is 2.33. The first-order valence-corrected chi connectivity index (χ1v) is 8.39. The van der Waals surface area contributed by atoms with Crippen LogP contribution in [0.1, 0.15) is 44.1 Å². The van der Waals surface area contributed by atoms with Gasteiger partial charge in [0.1, 0.15) is 0 Å². The van der Waals surface area contributed by atoms with E-state index in [1.165, 1.54) is 44.1 Å². The van der Waals surface area contributed by atoms with E-state index in [1.54, 1.807) is 7.11 Å². The molecule has 0 atom stereocenters. The number of rotatable bonds is 5. The lowest BCUT2D eigenvalue weighted by Crippen LogP contribution is -2.28. The number of ether oxygens (including phenoxy) is 2. The van der Waals surface area contributed by atoms with Gasteiger partial charge in [-0.2, -0.15) is 0 Å². The monoisotopic (exact) mass is 289 g/mol. The second kappa shape index (κ2) is 7.17. The molecule has 2 fully saturated rings. The van der Waals surface area contributed by atoms with Crippen molar-refractivity contribution >= 4 is 0 Å². The van der Waals surface area contributed by atoms with Crippen molar-refractivity contribution < 1.29 is 9.47 Å². The number of piperidine rings is 1. The molecule has 116 valence electrons. The molecule has 1 aromatic rings. The Hall–Kier alpha value is -1.22. The Morgan fingerprint density at radius 2 is 1.81 bits per heavy atom. The van der Waals surface area contributed by atoms with E-state index in [9.17, 15) is 0 Å². The Bertz CT molecular complexity index is 449. The first kappa shape index (κ1) is 14.7. The molecule has 1 aliphatic heterocycles. The van der Waals surface area contributed by atoms with Gasteiger partial charge in [-0.05, 0) is 81.6 Å². The predicted octanol–water partition coefficient (Wildman–Crippen LogP) is 3.56. The normalized spacial score (nSPS) is 20.6. The number of methoxy groups -OCH3 is 1. The minimum absolute atomic E-state index is 0.383. The fourth-order valence-electron chi connectivity index (χ4n) is 3.54. The van der Waals surface area contributed by atoms with Gasteiger partial charge in [-0.3, -0.25) is 0 Å². The van der Waals surface area contributed by atoms with Gasteiger partial charge in [-0.15, -0.1) is 0 Å². The van der Waals surface area contributed by atoms with Crippen molar-refractivity contribution in [2.45, 2.75) is 51.0 Å². The molecule has 0 spiro atoms. The van der Waals surface area contributed by atoms with Crippen molar-refractivity contribution in [1.82, 2.24) is 5.32 Å². The Labute approximate surface area is 128 Å². The van der Waals surface area contributed by atoms with Gasteiger partial charge < -0.3 is 14.8 Å². The van der Waals surface area contributed by atoms with Crippen LogP contribution in [0.5, 0.6) is 11.5 Å². The maximum Gasteiger partial charge on any atom is 0.161 e. The zero-order valence-corrected chi connectivity index (χ0v) is 13.1. The Morgan fingerprint density at radius 1 is 1.05 bits per heavy atom. The van der Waals surface area contributed by atoms with Crippen molar-refractivity contribution in [1.29, 1.82) is 0 Å². The molecule has 3 rings (SSSR count). The quantitative estimate of drug-likeness (QED) is 0.899. The van der Waals surface area contributed by atoms with Crippen LogP contribution in [0, 0.1) is 5.92 Å². The minimum atomic E-state index is 0.383. The zero-order valence-electron chi connectivity index (χ0n) is 13.1. The number of nitrogens with one attached hydrogen (secondary N) is 1. The van der Waals surface area contributed by atoms with Crippen LogP contribution in [0.15, 0.2) is 18.2 Å². The van der Waals surface area contributed by atoms with E-state index < -0.39 is 0 Å². The van der Waals surface area contributed by atoms with Crippen LogP contribution in [0.3, 0.4) is 0 Å². The molecule has 1 saturated carbocycles. The van der Waals surface area contributed by atoms with E-state index in [-0.39, 0.29) is 0 Å². The molecule has 3 heteroatoms. The summed E-state index contributed by atoms with van der Waals surface area (Å²) in [7, 11) is 1.74. The molecule has 2 aliphatic rings. The van der Waals surface area contributed by atoms with Crippen LogP contribution >= 0.6 is 0 Å². The van der Waals surface area contributed by atoms with Crippen molar-refractivity contribution in [3.63, 3.8) is 0 Å². The molecule has 0 radical (unpaired) electrons. The molecule has 1 heterocycles. The summed E-state index contributed by atoms with van der Waals surface area (Å²) in [5.41, 5.74) is 1.37. The van der Waals surface area contributed by atoms with Crippen LogP contribution in [-0.2, 0) is 6.42 Å². The van der Waals surface area contributed by atoms with Gasteiger partial charge in [-0.1, -0.05) is 6.07 Å². The lowest BCUT2D eigenvalue weighted by Gasteiger charge is -2.23. The molecule has 0 bridgehead atoms. The topological polar surface area (TPSA) is 30.5 Å². The first-order valence-electron chi connectivity index (χ1n) is 8.39. The van der Waals surface area contributed by atoms with Gasteiger partial charge in [0.15, 0.2) is 11.5 Å². The van der Waals surface area contributed by atoms with Gasteiger partial charge in [0, 0.05) is 0 Å². The van der Waals surface area contributed by atoms with E-state index >= 15 is 0 Å². The van der Waals surface area contributed by atoms with Gasteiger partial charge >= 0.3 is 0 Å². The largest absolute Gasteiger partial charge is 0.493 e. The molecule has 3 nitrogen and oxygen atoms in total. The molecule has 0 unspecified atom stereocenters. The summed E-state index contributed by atoms with van der Waals surface area (Å²) >= 11 is 0. The molecule has 1 aliphatic carbocycles. The van der Waals surface area contributed by atoms with E-state index in [0.29, 0.717) is 6.10 Å². The lowest BCUT2D eigenvalue weighted by molar-refractivity contribution is 0.200. The van der Waals surface area contributed by atoms with Gasteiger partial charge in [0.25, 0.3) is 0 Å². The van der Waals surface area contributed by atoms with E-state index in [4.69, 9.17) is 9.47 Å². The number of hydrogen-bond acceptors (Lipinski definition) is 3. The van der Waals surface area contributed by atoms with E-state index in [2.05, 4.69) is 23.5 Å². The SMILES string of the molecule is COc1cc(CC2CCNCC2)ccc1OC1CCCC1. The van der Waals surface area contributed by atoms with Gasteiger partial charge in [0.05, 0.1) is 13.2 Å². The van der Waals surface area contributed by atoms with Crippen LogP contribution < -0.4 is 14.8 Å². The van der Waals surface area contributed by atoms with Crippen molar-refractivity contribution in [2.75, 3.05) is 20.2 Å². The minimum Gasteiger partial charge on any atom is -0.493 e. The Kier molecular flexibility index (Phi) is 5.02. The lowest BCUT2D eigenvalue weighted by atomic mass is 9.91. The predicted molar refractivity (Wildman–Crippen MR) is 85.2 cm³/mol. The van der Waals surface area contributed by atoms with Crippen LogP contribution in [-0.4, -0.2) is 26.3 Å². The summed E-state index contributed by atoms with van der Waals surface area (Å²) in [6.07, 6.45) is 9.04. The maximum atomic E-state index is 6.11. The van der Waals surface area contributed by atoms with Crippen LogP contribution in [0.2, 0.25) is 0 Å². The van der Waals surface area contributed by atoms with Crippen LogP contribution in [0.25, 0.3) is 0 Å². The summed E-state index contributed by atoms with van der Waals surface area (Å²) in [6, 6.07) is 6.49. The second-order valence-corrected chi connectivity index (χ2v) is 6.41. The zero-order chi connectivity index (χ0) is 14.5. The third-order valence-electron chi connectivity index (χ3n) is 4.81. The van der Waals surface area contributed by atoms with Crippen molar-refractivity contribution in [2.24, 2.45) is 5.92 Å². The molecule has 21 heavy (non-hydrogen) atoms.